The van der Waals surface area contributed by atoms with Crippen LogP contribution in [0.25, 0.3) is 0 Å². The summed E-state index contributed by atoms with van der Waals surface area (Å²) in [5.74, 6) is -25.6. The van der Waals surface area contributed by atoms with E-state index < -0.39 is 102 Å². The lowest BCUT2D eigenvalue weighted by molar-refractivity contribution is 0.0824. The number of benzene rings is 4. The predicted octanol–water partition coefficient (Wildman–Crippen LogP) is 9.56. The van der Waals surface area contributed by atoms with Gasteiger partial charge in [0.25, 0.3) is 0 Å². The van der Waals surface area contributed by atoms with Gasteiger partial charge in [0.05, 0.1) is 11.1 Å². The Hall–Kier alpha value is -3.40. The van der Waals surface area contributed by atoms with E-state index in [1.807, 2.05) is 0 Å². The van der Waals surface area contributed by atoms with E-state index in [4.69, 9.17) is 46.4 Å². The van der Waals surface area contributed by atoms with Gasteiger partial charge >= 0.3 is 0 Å². The number of carbonyl (C=O) groups excluding carboxylic acids is 2. The van der Waals surface area contributed by atoms with Gasteiger partial charge in [0.15, 0.2) is 46.5 Å². The normalized spacial score (nSPS) is 13.0. The average Bonchev–Trinajstić information content (AvgIpc) is 3.08. The fourth-order valence-electron chi connectivity index (χ4n) is 4.13. The molecule has 0 aliphatic carbocycles. The highest BCUT2D eigenvalue weighted by Crippen LogP contribution is 2.43. The number of Topliss-reactive ketones (excluding diaryl/α,β-unsaturated/α-hetero) is 2. The molecule has 0 heterocycles. The minimum absolute atomic E-state index is 0.126. The van der Waals surface area contributed by atoms with Gasteiger partial charge in [0, 0.05) is 11.1 Å². The number of ketones is 2. The Balaban J connectivity index is 0.000000270. The maximum atomic E-state index is 13.8. The topological polar surface area (TPSA) is 74.6 Å². The molecule has 0 amide bonds. The number of aryl methyl sites for hydroxylation is 2. The summed E-state index contributed by atoms with van der Waals surface area (Å²) >= 11 is 22.9. The number of halogens is 14. The minimum Gasteiger partial charge on any atom is -0.385 e. The Labute approximate surface area is 295 Å². The van der Waals surface area contributed by atoms with Crippen LogP contribution in [0.5, 0.6) is 0 Å². The molecule has 268 valence electrons. The summed E-state index contributed by atoms with van der Waals surface area (Å²) in [5, 5.41) is 20.0. The van der Waals surface area contributed by atoms with Crippen LogP contribution in [-0.2, 0) is 0 Å². The van der Waals surface area contributed by atoms with Gasteiger partial charge in [-0.1, -0.05) is 106 Å². The summed E-state index contributed by atoms with van der Waals surface area (Å²) in [6, 6.07) is 11.1. The number of aliphatic hydroxyl groups is 2. The number of alkyl halides is 4. The maximum absolute atomic E-state index is 13.8. The highest BCUT2D eigenvalue weighted by molar-refractivity contribution is 6.61. The van der Waals surface area contributed by atoms with Crippen LogP contribution >= 0.6 is 46.4 Å². The van der Waals surface area contributed by atoms with E-state index in [9.17, 15) is 63.7 Å². The highest BCUT2D eigenvalue weighted by atomic mass is 35.5. The van der Waals surface area contributed by atoms with Crippen LogP contribution in [-0.4, -0.2) is 30.4 Å². The van der Waals surface area contributed by atoms with Crippen molar-refractivity contribution in [3.63, 3.8) is 0 Å². The maximum Gasteiger partial charge on any atom is 0.210 e. The predicted molar refractivity (Wildman–Crippen MR) is 162 cm³/mol. The summed E-state index contributed by atoms with van der Waals surface area (Å²) in [7, 11) is 0. The third kappa shape index (κ3) is 7.75. The quantitative estimate of drug-likeness (QED) is 0.0613. The lowest BCUT2D eigenvalue weighted by Crippen LogP contribution is -2.35. The summed E-state index contributed by atoms with van der Waals surface area (Å²) in [6.45, 7) is 3.43. The first-order valence-corrected chi connectivity index (χ1v) is 14.9. The van der Waals surface area contributed by atoms with Gasteiger partial charge in [-0.05, 0) is 13.8 Å². The molecule has 0 saturated heterocycles. The van der Waals surface area contributed by atoms with Crippen LogP contribution in [0.2, 0.25) is 0 Å². The summed E-state index contributed by atoms with van der Waals surface area (Å²) in [6.07, 6.45) is -5.43. The molecule has 0 aliphatic rings. The zero-order chi connectivity index (χ0) is 38.2. The Morgan fingerprint density at radius 3 is 0.880 bits per heavy atom. The molecular formula is C32H18Cl4F10O4. The minimum atomic E-state index is -2.90. The van der Waals surface area contributed by atoms with Crippen LogP contribution in [0.15, 0.2) is 48.5 Å². The molecule has 0 spiro atoms. The molecule has 0 radical (unpaired) electrons. The Morgan fingerprint density at radius 2 is 0.660 bits per heavy atom. The second kappa shape index (κ2) is 15.5. The van der Waals surface area contributed by atoms with E-state index in [-0.39, 0.29) is 11.1 Å². The standard InChI is InChI=1S/2C16H9Cl2F5O2/c2*1-6-2-4-7(5-3-6)14(24)16(17,18)15(25)8-9(19)11(21)13(23)12(22)10(8)20/h2*2-5,15,25H,1H3/t2*15-/m10/s1. The third-order valence-corrected chi connectivity index (χ3v) is 8.47. The molecule has 2 atom stereocenters. The molecule has 0 fully saturated rings. The molecule has 4 rings (SSSR count). The molecule has 4 aromatic carbocycles. The number of carbonyl (C=O) groups is 2. The molecule has 0 bridgehead atoms. The van der Waals surface area contributed by atoms with Crippen LogP contribution in [0.4, 0.5) is 43.9 Å². The van der Waals surface area contributed by atoms with Crippen LogP contribution in [0.3, 0.4) is 0 Å². The Morgan fingerprint density at radius 1 is 0.460 bits per heavy atom. The van der Waals surface area contributed by atoms with E-state index in [1.165, 1.54) is 48.5 Å². The molecule has 0 aromatic heterocycles. The Kier molecular flexibility index (Phi) is 12.7. The summed E-state index contributed by atoms with van der Waals surface area (Å²) < 4.78 is 129. The van der Waals surface area contributed by atoms with E-state index in [0.717, 1.165) is 11.1 Å². The average molecular weight is 798 g/mol. The molecule has 4 aromatic rings. The zero-order valence-electron chi connectivity index (χ0n) is 24.8. The first-order chi connectivity index (χ1) is 23.0. The molecule has 0 aliphatic heterocycles. The van der Waals surface area contributed by atoms with Gasteiger partial charge in [-0.3, -0.25) is 9.59 Å². The lowest BCUT2D eigenvalue weighted by atomic mass is 9.97. The Bertz CT molecular complexity index is 1760. The van der Waals surface area contributed by atoms with Gasteiger partial charge < -0.3 is 10.2 Å². The molecule has 18 heteroatoms. The molecule has 4 nitrogen and oxygen atoms in total. The van der Waals surface area contributed by atoms with Gasteiger partial charge in [-0.2, -0.15) is 0 Å². The van der Waals surface area contributed by atoms with E-state index >= 15 is 0 Å². The van der Waals surface area contributed by atoms with Gasteiger partial charge in [-0.15, -0.1) is 0 Å². The van der Waals surface area contributed by atoms with Crippen molar-refractivity contribution in [2.24, 2.45) is 0 Å². The first kappa shape index (κ1) is 41.0. The van der Waals surface area contributed by atoms with E-state index in [0.29, 0.717) is 0 Å². The molecule has 0 unspecified atom stereocenters. The second-order valence-electron chi connectivity index (χ2n) is 10.4. The largest absolute Gasteiger partial charge is 0.385 e. The lowest BCUT2D eigenvalue weighted by Gasteiger charge is -2.25. The summed E-state index contributed by atoms with van der Waals surface area (Å²) in [4.78, 5) is 24.6. The fraction of sp³-hybridized carbons (Fsp3) is 0.188. The number of aliphatic hydroxyl groups excluding tert-OH is 2. The fourth-order valence-corrected chi connectivity index (χ4v) is 5.00. The van der Waals surface area contributed by atoms with Gasteiger partial charge in [0.1, 0.15) is 12.2 Å². The molecule has 0 saturated carbocycles. The van der Waals surface area contributed by atoms with Crippen LogP contribution < -0.4 is 0 Å². The van der Waals surface area contributed by atoms with E-state index in [1.54, 1.807) is 13.8 Å². The highest BCUT2D eigenvalue weighted by Gasteiger charge is 2.48. The van der Waals surface area contributed by atoms with Crippen molar-refractivity contribution in [3.8, 4) is 0 Å². The van der Waals surface area contributed by atoms with Crippen molar-refractivity contribution in [1.29, 1.82) is 0 Å². The van der Waals surface area contributed by atoms with Crippen LogP contribution in [0.1, 0.15) is 55.2 Å². The van der Waals surface area contributed by atoms with Crippen molar-refractivity contribution in [3.05, 3.63) is 140 Å². The van der Waals surface area contributed by atoms with Crippen LogP contribution in [0, 0.1) is 72.0 Å². The van der Waals surface area contributed by atoms with Crippen molar-refractivity contribution >= 4 is 58.0 Å². The monoisotopic (exact) mass is 796 g/mol. The van der Waals surface area contributed by atoms with E-state index in [2.05, 4.69) is 0 Å². The number of rotatable bonds is 8. The van der Waals surface area contributed by atoms with Crippen molar-refractivity contribution < 1.29 is 63.7 Å². The number of hydrogen-bond acceptors (Lipinski definition) is 4. The molecule has 50 heavy (non-hydrogen) atoms. The second-order valence-corrected chi connectivity index (χ2v) is 13.2. The van der Waals surface area contributed by atoms with Crippen molar-refractivity contribution in [1.82, 2.24) is 0 Å². The van der Waals surface area contributed by atoms with Gasteiger partial charge in [-0.25, -0.2) is 43.9 Å². The molecule has 2 N–H and O–H groups in total. The molecular weight excluding hydrogens is 780 g/mol. The zero-order valence-corrected chi connectivity index (χ0v) is 27.8. The first-order valence-electron chi connectivity index (χ1n) is 13.4. The van der Waals surface area contributed by atoms with Crippen molar-refractivity contribution in [2.45, 2.75) is 34.7 Å². The van der Waals surface area contributed by atoms with Gasteiger partial charge in [0.2, 0.25) is 31.9 Å². The SMILES string of the molecule is Cc1ccc(C(=O)C(Cl)(Cl)[C@@H](O)c2c(F)c(F)c(F)c(F)c2F)cc1.Cc1ccc(C(=O)C(Cl)(Cl)[C@H](O)c2c(F)c(F)c(F)c(F)c2F)cc1. The smallest absolute Gasteiger partial charge is 0.210 e. The summed E-state index contributed by atoms with van der Waals surface area (Å²) in [5.41, 5.74) is -2.10. The van der Waals surface area contributed by atoms with Crippen molar-refractivity contribution in [2.75, 3.05) is 0 Å². The third-order valence-electron chi connectivity index (χ3n) is 6.95. The number of hydrogen-bond donors (Lipinski definition) is 2.